The highest BCUT2D eigenvalue weighted by Crippen LogP contribution is 2.15. The SMILES string of the molecule is O=C(O)C(=O)O.O=C(c1ccc(F)cc1)N1CCN(Cc2ccc(Br)cc2)CC1. The van der Waals surface area contributed by atoms with Crippen molar-refractivity contribution in [3.63, 3.8) is 0 Å². The van der Waals surface area contributed by atoms with Gasteiger partial charge >= 0.3 is 11.9 Å². The first-order valence-corrected chi connectivity index (χ1v) is 9.53. The molecule has 1 amide bonds. The number of piperazine rings is 1. The minimum atomic E-state index is -1.82. The highest BCUT2D eigenvalue weighted by atomic mass is 79.9. The number of hydrogen-bond acceptors (Lipinski definition) is 4. The molecule has 0 unspecified atom stereocenters. The Morgan fingerprint density at radius 1 is 0.862 bits per heavy atom. The molecule has 0 bridgehead atoms. The van der Waals surface area contributed by atoms with Gasteiger partial charge in [-0.3, -0.25) is 9.69 Å². The number of rotatable bonds is 3. The summed E-state index contributed by atoms with van der Waals surface area (Å²) in [5.74, 6) is -3.99. The Morgan fingerprint density at radius 3 is 1.86 bits per heavy atom. The summed E-state index contributed by atoms with van der Waals surface area (Å²) in [6.45, 7) is 4.00. The molecule has 0 saturated carbocycles. The Morgan fingerprint density at radius 2 is 1.38 bits per heavy atom. The summed E-state index contributed by atoms with van der Waals surface area (Å²) < 4.78 is 14.0. The molecule has 3 rings (SSSR count). The van der Waals surface area contributed by atoms with Crippen molar-refractivity contribution in [2.24, 2.45) is 0 Å². The van der Waals surface area contributed by atoms with Crippen LogP contribution in [-0.2, 0) is 16.1 Å². The van der Waals surface area contributed by atoms with Crippen LogP contribution in [0.2, 0.25) is 0 Å². The lowest BCUT2D eigenvalue weighted by atomic mass is 10.1. The van der Waals surface area contributed by atoms with Crippen molar-refractivity contribution in [1.29, 1.82) is 0 Å². The van der Waals surface area contributed by atoms with Gasteiger partial charge in [-0.2, -0.15) is 0 Å². The number of aliphatic carboxylic acids is 2. The van der Waals surface area contributed by atoms with Crippen LogP contribution in [-0.4, -0.2) is 64.0 Å². The van der Waals surface area contributed by atoms with Crippen molar-refractivity contribution < 1.29 is 29.0 Å². The number of hydrogen-bond donors (Lipinski definition) is 2. The first kappa shape index (κ1) is 22.5. The lowest BCUT2D eigenvalue weighted by molar-refractivity contribution is -0.159. The first-order valence-electron chi connectivity index (χ1n) is 8.74. The monoisotopic (exact) mass is 466 g/mol. The van der Waals surface area contributed by atoms with Crippen LogP contribution in [0.3, 0.4) is 0 Å². The average molecular weight is 467 g/mol. The lowest BCUT2D eigenvalue weighted by Gasteiger charge is -2.34. The second-order valence-corrected chi connectivity index (χ2v) is 7.23. The Bertz CT molecular complexity index is 838. The van der Waals surface area contributed by atoms with Gasteiger partial charge in [-0.1, -0.05) is 28.1 Å². The number of carbonyl (C=O) groups is 3. The Hall–Kier alpha value is -2.78. The van der Waals surface area contributed by atoms with Gasteiger partial charge in [0.1, 0.15) is 5.82 Å². The van der Waals surface area contributed by atoms with Crippen molar-refractivity contribution in [3.05, 3.63) is 69.9 Å². The fraction of sp³-hybridized carbons (Fsp3) is 0.250. The molecule has 9 heteroatoms. The largest absolute Gasteiger partial charge is 0.473 e. The Kier molecular flexibility index (Phi) is 8.29. The molecular formula is C20H20BrFN2O5. The second kappa shape index (κ2) is 10.7. The summed E-state index contributed by atoms with van der Waals surface area (Å²) in [7, 11) is 0. The molecule has 1 fully saturated rings. The highest BCUT2D eigenvalue weighted by molar-refractivity contribution is 9.10. The lowest BCUT2D eigenvalue weighted by Crippen LogP contribution is -2.48. The van der Waals surface area contributed by atoms with E-state index in [0.29, 0.717) is 18.7 Å². The van der Waals surface area contributed by atoms with Gasteiger partial charge in [-0.15, -0.1) is 0 Å². The number of nitrogens with zero attached hydrogens (tertiary/aromatic N) is 2. The molecule has 0 radical (unpaired) electrons. The maximum atomic E-state index is 12.9. The molecule has 1 saturated heterocycles. The average Bonchev–Trinajstić information content (AvgIpc) is 2.71. The topological polar surface area (TPSA) is 98.1 Å². The molecule has 2 aromatic carbocycles. The Balaban J connectivity index is 0.000000438. The minimum absolute atomic E-state index is 0.0201. The van der Waals surface area contributed by atoms with Gasteiger partial charge in [0.2, 0.25) is 0 Å². The van der Waals surface area contributed by atoms with Gasteiger partial charge in [-0.05, 0) is 42.0 Å². The predicted octanol–water partition coefficient (Wildman–Crippen LogP) is 2.70. The maximum Gasteiger partial charge on any atom is 0.414 e. The molecule has 0 atom stereocenters. The van der Waals surface area contributed by atoms with Crippen LogP contribution < -0.4 is 0 Å². The fourth-order valence-electron chi connectivity index (χ4n) is 2.73. The van der Waals surface area contributed by atoms with Crippen LogP contribution >= 0.6 is 15.9 Å². The number of benzene rings is 2. The van der Waals surface area contributed by atoms with Crippen molar-refractivity contribution in [2.75, 3.05) is 26.2 Å². The number of carboxylic acid groups (broad SMARTS) is 2. The van der Waals surface area contributed by atoms with Gasteiger partial charge in [0, 0.05) is 42.8 Å². The molecule has 2 N–H and O–H groups in total. The van der Waals surface area contributed by atoms with Crippen LogP contribution in [0.4, 0.5) is 4.39 Å². The van der Waals surface area contributed by atoms with E-state index in [2.05, 4.69) is 33.0 Å². The summed E-state index contributed by atoms with van der Waals surface area (Å²) in [4.78, 5) is 34.8. The van der Waals surface area contributed by atoms with E-state index in [1.54, 1.807) is 12.1 Å². The normalized spacial score (nSPS) is 13.9. The van der Waals surface area contributed by atoms with E-state index in [1.807, 2.05) is 17.0 Å². The molecule has 1 heterocycles. The van der Waals surface area contributed by atoms with Crippen LogP contribution in [0.25, 0.3) is 0 Å². The molecule has 154 valence electrons. The standard InChI is InChI=1S/C18H18BrFN2O.C2H2O4/c19-16-5-1-14(2-6-16)13-21-9-11-22(12-10-21)18(23)15-3-7-17(20)8-4-15;3-1(4)2(5)6/h1-8H,9-13H2;(H,3,4)(H,5,6). The van der Waals surface area contributed by atoms with Gasteiger partial charge < -0.3 is 15.1 Å². The highest BCUT2D eigenvalue weighted by Gasteiger charge is 2.22. The summed E-state index contributed by atoms with van der Waals surface area (Å²) in [5.41, 5.74) is 1.82. The van der Waals surface area contributed by atoms with E-state index in [0.717, 1.165) is 24.1 Å². The second-order valence-electron chi connectivity index (χ2n) is 6.31. The van der Waals surface area contributed by atoms with E-state index in [4.69, 9.17) is 19.8 Å². The number of amides is 1. The zero-order valence-corrected chi connectivity index (χ0v) is 17.0. The molecule has 2 aromatic rings. The third-order valence-electron chi connectivity index (χ3n) is 4.25. The van der Waals surface area contributed by atoms with Crippen molar-refractivity contribution in [3.8, 4) is 0 Å². The van der Waals surface area contributed by atoms with Crippen molar-refractivity contribution in [2.45, 2.75) is 6.54 Å². The van der Waals surface area contributed by atoms with Gasteiger partial charge in [-0.25, -0.2) is 14.0 Å². The Labute approximate surface area is 175 Å². The quantitative estimate of drug-likeness (QED) is 0.674. The van der Waals surface area contributed by atoms with Crippen molar-refractivity contribution >= 4 is 33.8 Å². The summed E-state index contributed by atoms with van der Waals surface area (Å²) in [5, 5.41) is 14.8. The van der Waals surface area contributed by atoms with Gasteiger partial charge in [0.15, 0.2) is 0 Å². The summed E-state index contributed by atoms with van der Waals surface area (Å²) >= 11 is 3.44. The third-order valence-corrected chi connectivity index (χ3v) is 4.78. The summed E-state index contributed by atoms with van der Waals surface area (Å²) in [6.07, 6.45) is 0. The molecule has 29 heavy (non-hydrogen) atoms. The molecule has 7 nitrogen and oxygen atoms in total. The van der Waals surface area contributed by atoms with E-state index in [9.17, 15) is 9.18 Å². The number of carbonyl (C=O) groups excluding carboxylic acids is 1. The molecule has 1 aliphatic rings. The van der Waals surface area contributed by atoms with E-state index < -0.39 is 11.9 Å². The smallest absolute Gasteiger partial charge is 0.414 e. The van der Waals surface area contributed by atoms with E-state index in [1.165, 1.54) is 17.7 Å². The zero-order chi connectivity index (χ0) is 21.4. The van der Waals surface area contributed by atoms with Crippen LogP contribution in [0.5, 0.6) is 0 Å². The molecule has 0 aromatic heterocycles. The van der Waals surface area contributed by atoms with E-state index >= 15 is 0 Å². The predicted molar refractivity (Wildman–Crippen MR) is 107 cm³/mol. The molecule has 0 spiro atoms. The fourth-order valence-corrected chi connectivity index (χ4v) is 3.00. The summed E-state index contributed by atoms with van der Waals surface area (Å²) in [6, 6.07) is 14.1. The van der Waals surface area contributed by atoms with E-state index in [-0.39, 0.29) is 11.7 Å². The van der Waals surface area contributed by atoms with Crippen LogP contribution in [0.15, 0.2) is 53.0 Å². The van der Waals surface area contributed by atoms with Gasteiger partial charge in [0.25, 0.3) is 5.91 Å². The maximum absolute atomic E-state index is 12.9. The molecule has 1 aliphatic heterocycles. The van der Waals surface area contributed by atoms with Gasteiger partial charge in [0.05, 0.1) is 0 Å². The minimum Gasteiger partial charge on any atom is -0.473 e. The number of carboxylic acids is 2. The molecule has 0 aliphatic carbocycles. The first-order chi connectivity index (χ1) is 13.8. The molecular weight excluding hydrogens is 447 g/mol. The van der Waals surface area contributed by atoms with Crippen LogP contribution in [0, 0.1) is 5.82 Å². The third kappa shape index (κ3) is 7.28. The van der Waals surface area contributed by atoms with Crippen LogP contribution in [0.1, 0.15) is 15.9 Å². The van der Waals surface area contributed by atoms with Crippen molar-refractivity contribution in [1.82, 2.24) is 9.80 Å². The number of halogens is 2. The zero-order valence-electron chi connectivity index (χ0n) is 15.4.